The van der Waals surface area contributed by atoms with Crippen LogP contribution in [0.2, 0.25) is 0 Å². The zero-order valence-electron chi connectivity index (χ0n) is 16.5. The zero-order chi connectivity index (χ0) is 20.4. The number of anilines is 2. The molecule has 2 amide bonds. The lowest BCUT2D eigenvalue weighted by atomic mass is 10.1. The average molecular weight is 385 g/mol. The van der Waals surface area contributed by atoms with Gasteiger partial charge in [-0.2, -0.15) is 0 Å². The van der Waals surface area contributed by atoms with Gasteiger partial charge in [0.05, 0.1) is 17.0 Å². The van der Waals surface area contributed by atoms with Gasteiger partial charge in [-0.3, -0.25) is 14.6 Å². The molecule has 1 aliphatic rings. The number of benzene rings is 2. The Balaban J connectivity index is 1.52. The highest BCUT2D eigenvalue weighted by molar-refractivity contribution is 6.06. The Morgan fingerprint density at radius 2 is 1.69 bits per heavy atom. The number of amides is 2. The number of hydrogen-bond donors (Lipinski definition) is 2. The van der Waals surface area contributed by atoms with E-state index in [9.17, 15) is 9.59 Å². The highest BCUT2D eigenvalue weighted by Crippen LogP contribution is 2.31. The van der Waals surface area contributed by atoms with Gasteiger partial charge < -0.3 is 10.6 Å². The summed E-state index contributed by atoms with van der Waals surface area (Å²) in [5, 5.41) is 5.87. The third kappa shape index (κ3) is 4.35. The first-order valence-corrected chi connectivity index (χ1v) is 9.77. The van der Waals surface area contributed by atoms with Crippen LogP contribution < -0.4 is 10.6 Å². The first-order chi connectivity index (χ1) is 14.0. The van der Waals surface area contributed by atoms with Crippen LogP contribution in [0.4, 0.5) is 11.4 Å². The van der Waals surface area contributed by atoms with Crippen molar-refractivity contribution in [2.24, 2.45) is 5.92 Å². The third-order valence-electron chi connectivity index (χ3n) is 5.10. The summed E-state index contributed by atoms with van der Waals surface area (Å²) in [6, 6.07) is 19.1. The molecule has 1 fully saturated rings. The van der Waals surface area contributed by atoms with E-state index >= 15 is 0 Å². The predicted molar refractivity (Wildman–Crippen MR) is 115 cm³/mol. The average Bonchev–Trinajstić information content (AvgIpc) is 3.56. The molecule has 2 aromatic carbocycles. The van der Waals surface area contributed by atoms with E-state index in [1.165, 1.54) is 0 Å². The number of carbonyl (C=O) groups excluding carboxylic acids is 2. The van der Waals surface area contributed by atoms with E-state index in [1.54, 1.807) is 12.1 Å². The van der Waals surface area contributed by atoms with Crippen LogP contribution in [0, 0.1) is 19.8 Å². The molecule has 4 rings (SSSR count). The molecular weight excluding hydrogens is 362 g/mol. The lowest BCUT2D eigenvalue weighted by molar-refractivity contribution is -0.117. The summed E-state index contributed by atoms with van der Waals surface area (Å²) in [7, 11) is 0. The van der Waals surface area contributed by atoms with Crippen LogP contribution in [0.25, 0.3) is 11.3 Å². The minimum atomic E-state index is -0.219. The maximum Gasteiger partial charge on any atom is 0.257 e. The largest absolute Gasteiger partial charge is 0.326 e. The Labute approximate surface area is 170 Å². The van der Waals surface area contributed by atoms with E-state index in [0.717, 1.165) is 29.7 Å². The monoisotopic (exact) mass is 385 g/mol. The lowest BCUT2D eigenvalue weighted by Gasteiger charge is -2.13. The number of aromatic nitrogens is 1. The summed E-state index contributed by atoms with van der Waals surface area (Å²) in [5.74, 6) is -0.0442. The smallest absolute Gasteiger partial charge is 0.257 e. The maximum atomic E-state index is 12.8. The molecule has 1 aromatic heterocycles. The summed E-state index contributed by atoms with van der Waals surface area (Å²) in [4.78, 5) is 29.4. The third-order valence-corrected chi connectivity index (χ3v) is 5.10. The summed E-state index contributed by atoms with van der Waals surface area (Å²) < 4.78 is 0. The van der Waals surface area contributed by atoms with Crippen LogP contribution >= 0.6 is 0 Å². The van der Waals surface area contributed by atoms with Gasteiger partial charge in [0.15, 0.2) is 0 Å². The first kappa shape index (κ1) is 18.9. The zero-order valence-corrected chi connectivity index (χ0v) is 16.5. The number of hydrogen-bond acceptors (Lipinski definition) is 3. The van der Waals surface area contributed by atoms with E-state index in [0.29, 0.717) is 22.6 Å². The van der Waals surface area contributed by atoms with Crippen LogP contribution in [-0.4, -0.2) is 16.8 Å². The first-order valence-electron chi connectivity index (χ1n) is 9.77. The highest BCUT2D eigenvalue weighted by atomic mass is 16.2. The molecule has 0 atom stereocenters. The molecule has 1 saturated carbocycles. The number of aryl methyl sites for hydroxylation is 2. The number of rotatable bonds is 5. The van der Waals surface area contributed by atoms with Crippen molar-refractivity contribution in [1.82, 2.24) is 4.98 Å². The molecule has 5 nitrogen and oxygen atoms in total. The molecule has 0 unspecified atom stereocenters. The Morgan fingerprint density at radius 3 is 2.38 bits per heavy atom. The van der Waals surface area contributed by atoms with E-state index in [2.05, 4.69) is 15.6 Å². The van der Waals surface area contributed by atoms with Crippen molar-refractivity contribution in [3.63, 3.8) is 0 Å². The van der Waals surface area contributed by atoms with Gasteiger partial charge in [-0.15, -0.1) is 0 Å². The molecule has 2 N–H and O–H groups in total. The fraction of sp³-hybridized carbons (Fsp3) is 0.208. The van der Waals surface area contributed by atoms with Gasteiger partial charge in [-0.25, -0.2) is 0 Å². The SMILES string of the molecule is Cc1ccc(NC(=O)C2CC2)cc1NC(=O)c1ccc(-c2ccccc2)nc1C. The Kier molecular flexibility index (Phi) is 5.12. The summed E-state index contributed by atoms with van der Waals surface area (Å²) in [5.41, 5.74) is 5.33. The quantitative estimate of drug-likeness (QED) is 0.652. The number of carbonyl (C=O) groups is 2. The van der Waals surface area contributed by atoms with Crippen LogP contribution in [0.3, 0.4) is 0 Å². The van der Waals surface area contributed by atoms with Crippen molar-refractivity contribution in [3.8, 4) is 11.3 Å². The fourth-order valence-electron chi connectivity index (χ4n) is 3.18. The molecule has 1 aliphatic carbocycles. The van der Waals surface area contributed by atoms with E-state index < -0.39 is 0 Å². The van der Waals surface area contributed by atoms with Gasteiger partial charge in [0, 0.05) is 22.9 Å². The molecule has 146 valence electrons. The summed E-state index contributed by atoms with van der Waals surface area (Å²) in [6.07, 6.45) is 1.90. The molecule has 0 radical (unpaired) electrons. The van der Waals surface area contributed by atoms with Crippen LogP contribution in [-0.2, 0) is 4.79 Å². The van der Waals surface area contributed by atoms with Crippen molar-refractivity contribution in [2.75, 3.05) is 10.6 Å². The van der Waals surface area contributed by atoms with Gasteiger partial charge >= 0.3 is 0 Å². The van der Waals surface area contributed by atoms with Crippen molar-refractivity contribution in [3.05, 3.63) is 77.5 Å². The van der Waals surface area contributed by atoms with Crippen molar-refractivity contribution in [1.29, 1.82) is 0 Å². The molecule has 0 saturated heterocycles. The highest BCUT2D eigenvalue weighted by Gasteiger charge is 2.29. The number of pyridine rings is 1. The van der Waals surface area contributed by atoms with Gasteiger partial charge in [0.2, 0.25) is 5.91 Å². The van der Waals surface area contributed by atoms with E-state index in [4.69, 9.17) is 0 Å². The van der Waals surface area contributed by atoms with Crippen LogP contribution in [0.5, 0.6) is 0 Å². The molecule has 5 heteroatoms. The summed E-state index contributed by atoms with van der Waals surface area (Å²) >= 11 is 0. The fourth-order valence-corrected chi connectivity index (χ4v) is 3.18. The Bertz CT molecular complexity index is 1070. The normalized spacial score (nSPS) is 13.0. The molecule has 29 heavy (non-hydrogen) atoms. The molecule has 1 heterocycles. The van der Waals surface area contributed by atoms with Crippen molar-refractivity contribution >= 4 is 23.2 Å². The standard InChI is InChI=1S/C24H23N3O2/c1-15-8-11-19(26-23(28)18-9-10-18)14-22(15)27-24(29)20-12-13-21(25-16(20)2)17-6-4-3-5-7-17/h3-8,11-14,18H,9-10H2,1-2H3,(H,26,28)(H,27,29). The van der Waals surface area contributed by atoms with Crippen molar-refractivity contribution < 1.29 is 9.59 Å². The van der Waals surface area contributed by atoms with Crippen molar-refractivity contribution in [2.45, 2.75) is 26.7 Å². The minimum Gasteiger partial charge on any atom is -0.326 e. The molecular formula is C24H23N3O2. The predicted octanol–water partition coefficient (Wildman–Crippen LogP) is 4.97. The number of nitrogens with zero attached hydrogens (tertiary/aromatic N) is 1. The maximum absolute atomic E-state index is 12.8. The lowest BCUT2D eigenvalue weighted by Crippen LogP contribution is -2.16. The summed E-state index contributed by atoms with van der Waals surface area (Å²) in [6.45, 7) is 3.76. The topological polar surface area (TPSA) is 71.1 Å². The molecule has 0 bridgehead atoms. The van der Waals surface area contributed by atoms with Crippen LogP contribution in [0.15, 0.2) is 60.7 Å². The number of nitrogens with one attached hydrogen (secondary N) is 2. The van der Waals surface area contributed by atoms with E-state index in [1.807, 2.05) is 62.4 Å². The van der Waals surface area contributed by atoms with E-state index in [-0.39, 0.29) is 17.7 Å². The second kappa shape index (κ2) is 7.87. The van der Waals surface area contributed by atoms with Gasteiger partial charge in [-0.05, 0) is 56.5 Å². The minimum absolute atomic E-state index is 0.0441. The molecule has 0 spiro atoms. The molecule has 3 aromatic rings. The Hall–Kier alpha value is -3.47. The van der Waals surface area contributed by atoms with Gasteiger partial charge in [-0.1, -0.05) is 36.4 Å². The second-order valence-electron chi connectivity index (χ2n) is 7.44. The van der Waals surface area contributed by atoms with Crippen LogP contribution in [0.1, 0.15) is 34.5 Å². The Morgan fingerprint density at radius 1 is 0.931 bits per heavy atom. The second-order valence-corrected chi connectivity index (χ2v) is 7.44. The van der Waals surface area contributed by atoms with Gasteiger partial charge in [0.1, 0.15) is 0 Å². The molecule has 0 aliphatic heterocycles. The van der Waals surface area contributed by atoms with Gasteiger partial charge in [0.25, 0.3) is 5.91 Å².